The van der Waals surface area contributed by atoms with Gasteiger partial charge in [0.2, 0.25) is 5.91 Å². The predicted molar refractivity (Wildman–Crippen MR) is 104 cm³/mol. The van der Waals surface area contributed by atoms with E-state index in [0.717, 1.165) is 5.56 Å². The van der Waals surface area contributed by atoms with Crippen LogP contribution in [0.25, 0.3) is 0 Å². The minimum Gasteiger partial charge on any atom is -0.480 e. The molecule has 0 spiro atoms. The third-order valence-electron chi connectivity index (χ3n) is 5.05. The van der Waals surface area contributed by atoms with Gasteiger partial charge in [-0.25, -0.2) is 4.79 Å². The second kappa shape index (κ2) is 10.8. The lowest BCUT2D eigenvalue weighted by molar-refractivity contribution is -0.149. The zero-order valence-corrected chi connectivity index (χ0v) is 15.9. The van der Waals surface area contributed by atoms with E-state index in [-0.39, 0.29) is 12.3 Å². The number of amides is 1. The highest BCUT2D eigenvalue weighted by molar-refractivity contribution is 5.88. The number of carbonyl (C=O) groups is 3. The maximum atomic E-state index is 13.0. The molecule has 2 rings (SSSR count). The number of aliphatic carboxylic acids is 2. The highest BCUT2D eigenvalue weighted by atomic mass is 16.4. The van der Waals surface area contributed by atoms with Crippen LogP contribution in [0.5, 0.6) is 0 Å². The summed E-state index contributed by atoms with van der Waals surface area (Å²) in [4.78, 5) is 37.6. The Morgan fingerprint density at radius 1 is 1.14 bits per heavy atom. The number of hydrogen-bond donors (Lipinski definition) is 4. The Morgan fingerprint density at radius 2 is 1.86 bits per heavy atom. The number of likely N-dealkylation sites (tertiary alicyclic amines) is 1. The molecular weight excluding hydrogens is 362 g/mol. The number of nitrogens with one attached hydrogen (secondary N) is 1. The lowest BCUT2D eigenvalue weighted by atomic mass is 10.0. The summed E-state index contributed by atoms with van der Waals surface area (Å²) >= 11 is 0. The third-order valence-corrected chi connectivity index (χ3v) is 5.05. The average molecular weight is 391 g/mol. The van der Waals surface area contributed by atoms with Gasteiger partial charge < -0.3 is 20.8 Å². The first kappa shape index (κ1) is 21.8. The number of unbranched alkanes of at least 4 members (excludes halogenated alkanes) is 1. The van der Waals surface area contributed by atoms with Crippen molar-refractivity contribution in [2.75, 3.05) is 13.1 Å². The van der Waals surface area contributed by atoms with Crippen molar-refractivity contribution in [1.29, 1.82) is 0 Å². The van der Waals surface area contributed by atoms with E-state index in [1.54, 1.807) is 0 Å². The van der Waals surface area contributed by atoms with Crippen molar-refractivity contribution < 1.29 is 24.6 Å². The fourth-order valence-electron chi connectivity index (χ4n) is 3.57. The number of carboxylic acids is 2. The molecule has 8 nitrogen and oxygen atoms in total. The van der Waals surface area contributed by atoms with E-state index in [9.17, 15) is 24.6 Å². The Hall–Kier alpha value is -2.45. The van der Waals surface area contributed by atoms with Crippen LogP contribution in [-0.2, 0) is 20.8 Å². The summed E-state index contributed by atoms with van der Waals surface area (Å²) in [6, 6.07) is 6.65. The van der Waals surface area contributed by atoms with Crippen molar-refractivity contribution in [2.45, 2.75) is 56.7 Å². The van der Waals surface area contributed by atoms with Gasteiger partial charge >= 0.3 is 11.9 Å². The number of nitrogens with two attached hydrogens (primary N) is 1. The predicted octanol–water partition coefficient (Wildman–Crippen LogP) is 0.845. The molecule has 1 saturated heterocycles. The molecule has 0 aromatic heterocycles. The molecule has 5 N–H and O–H groups in total. The molecule has 1 aromatic rings. The van der Waals surface area contributed by atoms with Crippen molar-refractivity contribution >= 4 is 17.8 Å². The Morgan fingerprint density at radius 3 is 2.46 bits per heavy atom. The topological polar surface area (TPSA) is 133 Å². The summed E-state index contributed by atoms with van der Waals surface area (Å²) in [5.41, 5.74) is 6.39. The van der Waals surface area contributed by atoms with Gasteiger partial charge in [-0.15, -0.1) is 0 Å². The minimum absolute atomic E-state index is 0.235. The summed E-state index contributed by atoms with van der Waals surface area (Å²) in [6.07, 6.45) is 3.07. The van der Waals surface area contributed by atoms with Crippen molar-refractivity contribution in [3.63, 3.8) is 0 Å². The van der Waals surface area contributed by atoms with Crippen molar-refractivity contribution in [3.8, 4) is 0 Å². The van der Waals surface area contributed by atoms with Gasteiger partial charge in [-0.3, -0.25) is 14.9 Å². The van der Waals surface area contributed by atoms with Crippen LogP contribution in [0.1, 0.15) is 37.7 Å². The number of benzene rings is 1. The van der Waals surface area contributed by atoms with Gasteiger partial charge in [-0.2, -0.15) is 0 Å². The fourth-order valence-corrected chi connectivity index (χ4v) is 3.57. The number of carbonyl (C=O) groups excluding carboxylic acids is 1. The molecule has 1 aliphatic rings. The summed E-state index contributed by atoms with van der Waals surface area (Å²) in [5.74, 6) is -2.41. The van der Waals surface area contributed by atoms with Crippen LogP contribution in [0.3, 0.4) is 0 Å². The molecule has 1 fully saturated rings. The third kappa shape index (κ3) is 6.03. The SMILES string of the molecule is NCCCC[C@H](N[C@@H](Cc1ccccc1)C(=O)O)C(=O)N1CCC[C@H]1C(=O)O. The number of carboxylic acid groups (broad SMARTS) is 2. The normalized spacial score (nSPS) is 18.6. The minimum atomic E-state index is -1.04. The Kier molecular flexibility index (Phi) is 8.41. The largest absolute Gasteiger partial charge is 0.480 e. The van der Waals surface area contributed by atoms with Crippen molar-refractivity contribution in [1.82, 2.24) is 10.2 Å². The zero-order valence-electron chi connectivity index (χ0n) is 15.9. The van der Waals surface area contributed by atoms with E-state index in [0.29, 0.717) is 45.2 Å². The van der Waals surface area contributed by atoms with E-state index in [4.69, 9.17) is 5.73 Å². The lowest BCUT2D eigenvalue weighted by Gasteiger charge is -2.29. The Bertz CT molecular complexity index is 667. The van der Waals surface area contributed by atoms with Crippen LogP contribution >= 0.6 is 0 Å². The first-order valence-corrected chi connectivity index (χ1v) is 9.70. The zero-order chi connectivity index (χ0) is 20.5. The molecule has 0 aliphatic carbocycles. The highest BCUT2D eigenvalue weighted by Gasteiger charge is 2.38. The van der Waals surface area contributed by atoms with Gasteiger partial charge in [0.15, 0.2) is 0 Å². The number of rotatable bonds is 11. The van der Waals surface area contributed by atoms with Gasteiger partial charge in [0.25, 0.3) is 0 Å². The number of hydrogen-bond acceptors (Lipinski definition) is 5. The van der Waals surface area contributed by atoms with Crippen LogP contribution in [0.2, 0.25) is 0 Å². The summed E-state index contributed by atoms with van der Waals surface area (Å²) < 4.78 is 0. The van der Waals surface area contributed by atoms with E-state index in [1.807, 2.05) is 30.3 Å². The first-order valence-electron chi connectivity index (χ1n) is 9.70. The molecule has 1 aromatic carbocycles. The summed E-state index contributed by atoms with van der Waals surface area (Å²) in [5, 5.41) is 22.0. The average Bonchev–Trinajstić information content (AvgIpc) is 3.17. The Balaban J connectivity index is 2.14. The van der Waals surface area contributed by atoms with E-state index in [2.05, 4.69) is 5.32 Å². The molecule has 0 unspecified atom stereocenters. The second-order valence-corrected chi connectivity index (χ2v) is 7.11. The van der Waals surface area contributed by atoms with Crippen molar-refractivity contribution in [2.24, 2.45) is 5.73 Å². The molecule has 0 saturated carbocycles. The van der Waals surface area contributed by atoms with Crippen LogP contribution in [-0.4, -0.2) is 64.2 Å². The monoisotopic (exact) mass is 391 g/mol. The van der Waals surface area contributed by atoms with Gasteiger partial charge in [-0.1, -0.05) is 36.8 Å². The van der Waals surface area contributed by atoms with Gasteiger partial charge in [0.05, 0.1) is 6.04 Å². The van der Waals surface area contributed by atoms with Crippen molar-refractivity contribution in [3.05, 3.63) is 35.9 Å². The lowest BCUT2D eigenvalue weighted by Crippen LogP contribution is -2.54. The highest BCUT2D eigenvalue weighted by Crippen LogP contribution is 2.20. The van der Waals surface area contributed by atoms with Gasteiger partial charge in [-0.05, 0) is 44.2 Å². The molecular formula is C20H29N3O5. The molecule has 154 valence electrons. The summed E-state index contributed by atoms with van der Waals surface area (Å²) in [7, 11) is 0. The van der Waals surface area contributed by atoms with E-state index >= 15 is 0 Å². The quantitative estimate of drug-likeness (QED) is 0.411. The molecule has 1 heterocycles. The van der Waals surface area contributed by atoms with Gasteiger partial charge in [0.1, 0.15) is 12.1 Å². The summed E-state index contributed by atoms with van der Waals surface area (Å²) in [6.45, 7) is 0.857. The smallest absolute Gasteiger partial charge is 0.326 e. The second-order valence-electron chi connectivity index (χ2n) is 7.11. The van der Waals surface area contributed by atoms with E-state index < -0.39 is 30.1 Å². The van der Waals surface area contributed by atoms with Crippen LogP contribution in [0, 0.1) is 0 Å². The standard InChI is InChI=1S/C20H29N3O5/c21-11-5-4-9-15(18(24)23-12-6-10-17(23)20(27)28)22-16(19(25)26)13-14-7-2-1-3-8-14/h1-3,7-8,15-17,22H,4-6,9-13,21H2,(H,25,26)(H,27,28)/t15-,16-,17-/m0/s1. The molecule has 1 aliphatic heterocycles. The molecule has 8 heteroatoms. The maximum absolute atomic E-state index is 13.0. The fraction of sp³-hybridized carbons (Fsp3) is 0.550. The molecule has 0 radical (unpaired) electrons. The van der Waals surface area contributed by atoms with Crippen LogP contribution in [0.15, 0.2) is 30.3 Å². The van der Waals surface area contributed by atoms with Crippen LogP contribution < -0.4 is 11.1 Å². The molecule has 28 heavy (non-hydrogen) atoms. The van der Waals surface area contributed by atoms with E-state index in [1.165, 1.54) is 4.90 Å². The van der Waals surface area contributed by atoms with Gasteiger partial charge in [0, 0.05) is 6.54 Å². The molecule has 3 atom stereocenters. The maximum Gasteiger partial charge on any atom is 0.326 e. The number of nitrogens with zero attached hydrogens (tertiary/aromatic N) is 1. The first-order chi connectivity index (χ1) is 13.4. The van der Waals surface area contributed by atoms with Crippen LogP contribution in [0.4, 0.5) is 0 Å². The molecule has 1 amide bonds. The molecule has 0 bridgehead atoms. The Labute approximate surface area is 164 Å².